The molecule has 1 aliphatic rings. The average molecular weight is 428 g/mol. The predicted octanol–water partition coefficient (Wildman–Crippen LogP) is 2.83. The van der Waals surface area contributed by atoms with E-state index in [2.05, 4.69) is 31.6 Å². The number of halogens is 1. The minimum Gasteiger partial charge on any atom is -0.492 e. The standard InChI is InChI=1S/C19H30BrN3O3/c1-21-19(23-9-13-26-18-5-2-4-17(20)14-18)22-8-3-10-25-15-16-6-11-24-12-7-16/h2,4-5,14,16H,3,6-13,15H2,1H3,(H2,21,22,23). The van der Waals surface area contributed by atoms with Crippen molar-refractivity contribution in [1.29, 1.82) is 0 Å². The summed E-state index contributed by atoms with van der Waals surface area (Å²) in [6.45, 7) is 5.47. The molecule has 146 valence electrons. The Balaban J connectivity index is 1.47. The zero-order valence-corrected chi connectivity index (χ0v) is 17.1. The summed E-state index contributed by atoms with van der Waals surface area (Å²) < 4.78 is 17.8. The quantitative estimate of drug-likeness (QED) is 0.341. The minimum atomic E-state index is 0.575. The van der Waals surface area contributed by atoms with Crippen LogP contribution in [0.1, 0.15) is 19.3 Å². The molecule has 2 N–H and O–H groups in total. The van der Waals surface area contributed by atoms with Gasteiger partial charge in [0.15, 0.2) is 5.96 Å². The van der Waals surface area contributed by atoms with Gasteiger partial charge in [0.1, 0.15) is 12.4 Å². The number of hydrogen-bond donors (Lipinski definition) is 2. The van der Waals surface area contributed by atoms with Gasteiger partial charge in [-0.05, 0) is 43.4 Å². The lowest BCUT2D eigenvalue weighted by Crippen LogP contribution is -2.39. The van der Waals surface area contributed by atoms with E-state index in [1.165, 1.54) is 0 Å². The second kappa shape index (κ2) is 12.9. The molecule has 0 amide bonds. The van der Waals surface area contributed by atoms with Crippen LogP contribution < -0.4 is 15.4 Å². The lowest BCUT2D eigenvalue weighted by atomic mass is 10.0. The Kier molecular flexibility index (Phi) is 10.5. The van der Waals surface area contributed by atoms with E-state index >= 15 is 0 Å². The van der Waals surface area contributed by atoms with Gasteiger partial charge >= 0.3 is 0 Å². The molecule has 0 unspecified atom stereocenters. The van der Waals surface area contributed by atoms with Gasteiger partial charge in [0.25, 0.3) is 0 Å². The average Bonchev–Trinajstić information content (AvgIpc) is 2.67. The molecule has 1 fully saturated rings. The summed E-state index contributed by atoms with van der Waals surface area (Å²) in [4.78, 5) is 4.21. The maximum absolute atomic E-state index is 5.77. The summed E-state index contributed by atoms with van der Waals surface area (Å²) >= 11 is 3.43. The second-order valence-corrected chi connectivity index (χ2v) is 7.13. The van der Waals surface area contributed by atoms with Crippen LogP contribution in [-0.2, 0) is 9.47 Å². The first-order chi connectivity index (χ1) is 12.8. The van der Waals surface area contributed by atoms with E-state index in [0.717, 1.165) is 68.4 Å². The van der Waals surface area contributed by atoms with E-state index in [0.29, 0.717) is 19.1 Å². The van der Waals surface area contributed by atoms with Gasteiger partial charge < -0.3 is 24.8 Å². The summed E-state index contributed by atoms with van der Waals surface area (Å²) in [5, 5.41) is 6.54. The number of hydrogen-bond acceptors (Lipinski definition) is 4. The Hall–Kier alpha value is -1.31. The normalized spacial score (nSPS) is 15.7. The number of rotatable bonds is 10. The molecule has 1 aromatic carbocycles. The van der Waals surface area contributed by atoms with Gasteiger partial charge in [-0.3, -0.25) is 4.99 Å². The Morgan fingerprint density at radius 2 is 2.04 bits per heavy atom. The molecule has 26 heavy (non-hydrogen) atoms. The number of benzene rings is 1. The maximum atomic E-state index is 5.77. The third-order valence-corrected chi connectivity index (χ3v) is 4.63. The molecule has 0 spiro atoms. The van der Waals surface area contributed by atoms with Crippen LogP contribution in [0.3, 0.4) is 0 Å². The van der Waals surface area contributed by atoms with Crippen molar-refractivity contribution in [2.45, 2.75) is 19.3 Å². The molecular weight excluding hydrogens is 398 g/mol. The van der Waals surface area contributed by atoms with Crippen LogP contribution in [0, 0.1) is 5.92 Å². The van der Waals surface area contributed by atoms with Gasteiger partial charge in [-0.1, -0.05) is 22.0 Å². The number of aliphatic imine (C=N–C) groups is 1. The molecule has 0 bridgehead atoms. The van der Waals surface area contributed by atoms with Crippen molar-refractivity contribution < 1.29 is 14.2 Å². The first-order valence-electron chi connectivity index (χ1n) is 9.26. The molecule has 0 radical (unpaired) electrons. The third kappa shape index (κ3) is 8.87. The molecule has 0 saturated carbocycles. The Morgan fingerprint density at radius 3 is 2.81 bits per heavy atom. The van der Waals surface area contributed by atoms with Crippen molar-refractivity contribution in [3.8, 4) is 5.75 Å². The molecule has 7 heteroatoms. The van der Waals surface area contributed by atoms with E-state index in [1.807, 2.05) is 24.3 Å². The molecular formula is C19H30BrN3O3. The van der Waals surface area contributed by atoms with Crippen LogP contribution >= 0.6 is 15.9 Å². The highest BCUT2D eigenvalue weighted by Crippen LogP contribution is 2.17. The zero-order chi connectivity index (χ0) is 18.5. The van der Waals surface area contributed by atoms with Crippen molar-refractivity contribution in [2.75, 3.05) is 53.2 Å². The van der Waals surface area contributed by atoms with Crippen molar-refractivity contribution >= 4 is 21.9 Å². The fraction of sp³-hybridized carbons (Fsp3) is 0.632. The van der Waals surface area contributed by atoms with Crippen LogP contribution in [0.4, 0.5) is 0 Å². The second-order valence-electron chi connectivity index (χ2n) is 6.22. The molecule has 2 rings (SSSR count). The van der Waals surface area contributed by atoms with Gasteiger partial charge in [-0.25, -0.2) is 0 Å². The van der Waals surface area contributed by atoms with Crippen LogP contribution in [0.2, 0.25) is 0 Å². The molecule has 0 aliphatic carbocycles. The molecule has 1 aromatic rings. The summed E-state index contributed by atoms with van der Waals surface area (Å²) in [5.41, 5.74) is 0. The minimum absolute atomic E-state index is 0.575. The molecule has 6 nitrogen and oxygen atoms in total. The van der Waals surface area contributed by atoms with Gasteiger partial charge in [0, 0.05) is 44.5 Å². The highest BCUT2D eigenvalue weighted by Gasteiger charge is 2.13. The van der Waals surface area contributed by atoms with E-state index in [-0.39, 0.29) is 0 Å². The van der Waals surface area contributed by atoms with Gasteiger partial charge in [0.05, 0.1) is 6.54 Å². The summed E-state index contributed by atoms with van der Waals surface area (Å²) in [7, 11) is 1.77. The first-order valence-corrected chi connectivity index (χ1v) is 10.1. The summed E-state index contributed by atoms with van der Waals surface area (Å²) in [6, 6.07) is 7.83. The monoisotopic (exact) mass is 427 g/mol. The van der Waals surface area contributed by atoms with Crippen molar-refractivity contribution in [3.05, 3.63) is 28.7 Å². The number of nitrogens with one attached hydrogen (secondary N) is 2. The predicted molar refractivity (Wildman–Crippen MR) is 108 cm³/mol. The van der Waals surface area contributed by atoms with E-state index in [9.17, 15) is 0 Å². The summed E-state index contributed by atoms with van der Waals surface area (Å²) in [5.74, 6) is 2.30. The first kappa shape index (κ1) is 21.0. The molecule has 0 aromatic heterocycles. The Labute approximate surface area is 164 Å². The Morgan fingerprint density at radius 1 is 1.23 bits per heavy atom. The zero-order valence-electron chi connectivity index (χ0n) is 15.5. The molecule has 0 atom stereocenters. The summed E-state index contributed by atoms with van der Waals surface area (Å²) in [6.07, 6.45) is 3.20. The van der Waals surface area contributed by atoms with Gasteiger partial charge in [-0.2, -0.15) is 0 Å². The van der Waals surface area contributed by atoms with Gasteiger partial charge in [-0.15, -0.1) is 0 Å². The molecule has 1 aliphatic heterocycles. The molecule has 1 heterocycles. The van der Waals surface area contributed by atoms with Crippen molar-refractivity contribution in [1.82, 2.24) is 10.6 Å². The van der Waals surface area contributed by atoms with Gasteiger partial charge in [0.2, 0.25) is 0 Å². The Bertz CT molecular complexity index is 537. The van der Waals surface area contributed by atoms with Crippen LogP contribution in [-0.4, -0.2) is 59.1 Å². The topological polar surface area (TPSA) is 64.1 Å². The van der Waals surface area contributed by atoms with E-state index < -0.39 is 0 Å². The maximum Gasteiger partial charge on any atom is 0.191 e. The van der Waals surface area contributed by atoms with Crippen molar-refractivity contribution in [3.63, 3.8) is 0 Å². The lowest BCUT2D eigenvalue weighted by molar-refractivity contribution is 0.0203. The molecule has 1 saturated heterocycles. The van der Waals surface area contributed by atoms with Crippen LogP contribution in [0.15, 0.2) is 33.7 Å². The number of guanidine groups is 1. The van der Waals surface area contributed by atoms with Crippen LogP contribution in [0.25, 0.3) is 0 Å². The smallest absolute Gasteiger partial charge is 0.191 e. The third-order valence-electron chi connectivity index (χ3n) is 4.14. The fourth-order valence-corrected chi connectivity index (χ4v) is 3.04. The number of nitrogens with zero attached hydrogens (tertiary/aromatic N) is 1. The largest absolute Gasteiger partial charge is 0.492 e. The van der Waals surface area contributed by atoms with E-state index in [1.54, 1.807) is 7.05 Å². The van der Waals surface area contributed by atoms with Crippen molar-refractivity contribution in [2.24, 2.45) is 10.9 Å². The fourth-order valence-electron chi connectivity index (χ4n) is 2.66. The van der Waals surface area contributed by atoms with E-state index in [4.69, 9.17) is 14.2 Å². The highest BCUT2D eigenvalue weighted by atomic mass is 79.9. The van der Waals surface area contributed by atoms with Crippen LogP contribution in [0.5, 0.6) is 5.75 Å². The SMILES string of the molecule is CN=C(NCCCOCC1CCOCC1)NCCOc1cccc(Br)c1. The lowest BCUT2D eigenvalue weighted by Gasteiger charge is -2.21. The highest BCUT2D eigenvalue weighted by molar-refractivity contribution is 9.10. The number of ether oxygens (including phenoxy) is 3.